The topological polar surface area (TPSA) is 29.1 Å². The summed E-state index contributed by atoms with van der Waals surface area (Å²) >= 11 is 0. The third kappa shape index (κ3) is 1.89. The monoisotopic (exact) mass is 203 g/mol. The summed E-state index contributed by atoms with van der Waals surface area (Å²) in [6, 6.07) is 8.09. The van der Waals surface area contributed by atoms with Crippen LogP contribution in [0.2, 0.25) is 0 Å². The minimum Gasteiger partial charge on any atom is -0.348 e. The van der Waals surface area contributed by atoms with Gasteiger partial charge in [0.1, 0.15) is 0 Å². The fourth-order valence-electron chi connectivity index (χ4n) is 1.95. The van der Waals surface area contributed by atoms with E-state index < -0.39 is 0 Å². The van der Waals surface area contributed by atoms with Crippen molar-refractivity contribution >= 4 is 5.91 Å². The molecule has 0 spiro atoms. The molecule has 1 N–H and O–H groups in total. The van der Waals surface area contributed by atoms with Gasteiger partial charge in [-0.2, -0.15) is 0 Å². The number of fused-ring (bicyclic) bond motifs is 1. The van der Waals surface area contributed by atoms with Crippen LogP contribution in [0.4, 0.5) is 0 Å². The van der Waals surface area contributed by atoms with Crippen molar-refractivity contribution in [1.82, 2.24) is 5.32 Å². The second kappa shape index (κ2) is 3.37. The molecule has 80 valence electrons. The number of hydrogen-bond acceptors (Lipinski definition) is 1. The summed E-state index contributed by atoms with van der Waals surface area (Å²) < 4.78 is 0. The summed E-state index contributed by atoms with van der Waals surface area (Å²) in [6.07, 6.45) is 0.936. The van der Waals surface area contributed by atoms with Gasteiger partial charge in [0.25, 0.3) is 5.91 Å². The lowest BCUT2D eigenvalue weighted by molar-refractivity contribution is 0.0884. The number of rotatable bonds is 0. The maximum Gasteiger partial charge on any atom is 0.251 e. The van der Waals surface area contributed by atoms with Crippen molar-refractivity contribution < 1.29 is 4.79 Å². The van der Waals surface area contributed by atoms with E-state index in [2.05, 4.69) is 26.1 Å². The van der Waals surface area contributed by atoms with Crippen molar-refractivity contribution in [2.45, 2.75) is 33.2 Å². The zero-order chi connectivity index (χ0) is 11.1. The van der Waals surface area contributed by atoms with E-state index in [0.29, 0.717) is 0 Å². The first-order valence-corrected chi connectivity index (χ1v) is 5.37. The predicted octanol–water partition coefficient (Wildman–Crippen LogP) is 2.39. The number of nitrogens with one attached hydrogen (secondary N) is 1. The van der Waals surface area contributed by atoms with Crippen LogP contribution in [0.3, 0.4) is 0 Å². The Hall–Kier alpha value is -1.31. The lowest BCUT2D eigenvalue weighted by Crippen LogP contribution is -2.48. The van der Waals surface area contributed by atoms with E-state index in [9.17, 15) is 4.79 Å². The molecule has 1 aromatic rings. The maximum atomic E-state index is 11.8. The molecule has 1 heterocycles. The smallest absolute Gasteiger partial charge is 0.251 e. The van der Waals surface area contributed by atoms with E-state index in [1.807, 2.05) is 24.3 Å². The average Bonchev–Trinajstić information content (AvgIpc) is 2.16. The SMILES string of the molecule is CC(C)(C)C1Cc2ccccc2C(=O)N1. The Morgan fingerprint density at radius 2 is 1.93 bits per heavy atom. The van der Waals surface area contributed by atoms with Crippen molar-refractivity contribution in [2.75, 3.05) is 0 Å². The Kier molecular flexibility index (Phi) is 2.29. The molecule has 1 amide bonds. The standard InChI is InChI=1S/C13H17NO/c1-13(2,3)11-8-9-6-4-5-7-10(9)12(15)14-11/h4-7,11H,8H2,1-3H3,(H,14,15). The molecule has 2 heteroatoms. The van der Waals surface area contributed by atoms with Crippen LogP contribution in [0.5, 0.6) is 0 Å². The Morgan fingerprint density at radius 1 is 1.27 bits per heavy atom. The van der Waals surface area contributed by atoms with Gasteiger partial charge in [-0.3, -0.25) is 4.79 Å². The number of amides is 1. The second-order valence-electron chi connectivity index (χ2n) is 5.25. The van der Waals surface area contributed by atoms with E-state index >= 15 is 0 Å². The first-order chi connectivity index (χ1) is 6.98. The number of carbonyl (C=O) groups excluding carboxylic acids is 1. The lowest BCUT2D eigenvalue weighted by atomic mass is 9.80. The molecule has 1 aliphatic rings. The minimum atomic E-state index is 0.0665. The van der Waals surface area contributed by atoms with Gasteiger partial charge in [-0.05, 0) is 23.5 Å². The first kappa shape index (κ1) is 10.2. The van der Waals surface area contributed by atoms with E-state index in [1.165, 1.54) is 5.56 Å². The molecule has 0 saturated heterocycles. The van der Waals surface area contributed by atoms with Gasteiger partial charge in [-0.1, -0.05) is 39.0 Å². The molecule has 1 aromatic carbocycles. The first-order valence-electron chi connectivity index (χ1n) is 5.37. The molecule has 15 heavy (non-hydrogen) atoms. The molecule has 1 unspecified atom stereocenters. The summed E-state index contributed by atoms with van der Waals surface area (Å²) in [5.74, 6) is 0.0665. The van der Waals surface area contributed by atoms with Crippen LogP contribution < -0.4 is 5.32 Å². The maximum absolute atomic E-state index is 11.8. The molecule has 0 radical (unpaired) electrons. The van der Waals surface area contributed by atoms with Gasteiger partial charge in [0.15, 0.2) is 0 Å². The van der Waals surface area contributed by atoms with E-state index in [1.54, 1.807) is 0 Å². The number of benzene rings is 1. The minimum absolute atomic E-state index is 0.0665. The fraction of sp³-hybridized carbons (Fsp3) is 0.462. The predicted molar refractivity (Wildman–Crippen MR) is 60.9 cm³/mol. The molecule has 0 bridgehead atoms. The third-order valence-electron chi connectivity index (χ3n) is 3.04. The molecule has 0 aliphatic carbocycles. The van der Waals surface area contributed by atoms with Crippen molar-refractivity contribution in [3.63, 3.8) is 0 Å². The quantitative estimate of drug-likeness (QED) is 0.689. The van der Waals surface area contributed by atoms with Crippen LogP contribution >= 0.6 is 0 Å². The van der Waals surface area contributed by atoms with Gasteiger partial charge in [-0.25, -0.2) is 0 Å². The van der Waals surface area contributed by atoms with E-state index in [4.69, 9.17) is 0 Å². The summed E-state index contributed by atoms with van der Waals surface area (Å²) in [7, 11) is 0. The Balaban J connectivity index is 2.35. The molecular formula is C13H17NO. The molecular weight excluding hydrogens is 186 g/mol. The van der Waals surface area contributed by atoms with Crippen LogP contribution in [0, 0.1) is 5.41 Å². The van der Waals surface area contributed by atoms with Crippen LogP contribution in [-0.4, -0.2) is 11.9 Å². The molecule has 2 nitrogen and oxygen atoms in total. The van der Waals surface area contributed by atoms with Crippen LogP contribution in [0.15, 0.2) is 24.3 Å². The number of hydrogen-bond donors (Lipinski definition) is 1. The van der Waals surface area contributed by atoms with Crippen LogP contribution in [-0.2, 0) is 6.42 Å². The van der Waals surface area contributed by atoms with Gasteiger partial charge in [0, 0.05) is 11.6 Å². The highest BCUT2D eigenvalue weighted by atomic mass is 16.1. The second-order valence-corrected chi connectivity index (χ2v) is 5.25. The van der Waals surface area contributed by atoms with Crippen LogP contribution in [0.25, 0.3) is 0 Å². The van der Waals surface area contributed by atoms with E-state index in [0.717, 1.165) is 12.0 Å². The summed E-state index contributed by atoms with van der Waals surface area (Å²) in [5, 5.41) is 3.07. The lowest BCUT2D eigenvalue weighted by Gasteiger charge is -2.35. The molecule has 0 saturated carbocycles. The zero-order valence-corrected chi connectivity index (χ0v) is 9.50. The summed E-state index contributed by atoms with van der Waals surface area (Å²) in [5.41, 5.74) is 2.11. The average molecular weight is 203 g/mol. The van der Waals surface area contributed by atoms with Crippen molar-refractivity contribution in [3.05, 3.63) is 35.4 Å². The third-order valence-corrected chi connectivity index (χ3v) is 3.04. The highest BCUT2D eigenvalue weighted by Gasteiger charge is 2.31. The molecule has 1 atom stereocenters. The highest BCUT2D eigenvalue weighted by molar-refractivity contribution is 5.97. The largest absolute Gasteiger partial charge is 0.348 e. The van der Waals surface area contributed by atoms with E-state index in [-0.39, 0.29) is 17.4 Å². The number of carbonyl (C=O) groups is 1. The Bertz CT molecular complexity index is 390. The summed E-state index contributed by atoms with van der Waals surface area (Å²) in [6.45, 7) is 6.48. The summed E-state index contributed by atoms with van der Waals surface area (Å²) in [4.78, 5) is 11.8. The Labute approximate surface area is 90.7 Å². The fourth-order valence-corrected chi connectivity index (χ4v) is 1.95. The van der Waals surface area contributed by atoms with Gasteiger partial charge in [0.2, 0.25) is 0 Å². The molecule has 0 fully saturated rings. The molecule has 1 aliphatic heterocycles. The normalized spacial score (nSPS) is 20.7. The molecule has 2 rings (SSSR count). The Morgan fingerprint density at radius 3 is 2.60 bits per heavy atom. The van der Waals surface area contributed by atoms with Crippen molar-refractivity contribution in [2.24, 2.45) is 5.41 Å². The highest BCUT2D eigenvalue weighted by Crippen LogP contribution is 2.27. The zero-order valence-electron chi connectivity index (χ0n) is 9.50. The van der Waals surface area contributed by atoms with Crippen molar-refractivity contribution in [1.29, 1.82) is 0 Å². The van der Waals surface area contributed by atoms with Gasteiger partial charge in [0.05, 0.1) is 0 Å². The van der Waals surface area contributed by atoms with Crippen LogP contribution in [0.1, 0.15) is 36.7 Å². The van der Waals surface area contributed by atoms with Gasteiger partial charge < -0.3 is 5.32 Å². The van der Waals surface area contributed by atoms with Gasteiger partial charge >= 0.3 is 0 Å². The van der Waals surface area contributed by atoms with Gasteiger partial charge in [-0.15, -0.1) is 0 Å². The molecule has 0 aromatic heterocycles. The van der Waals surface area contributed by atoms with Crippen molar-refractivity contribution in [3.8, 4) is 0 Å².